The first kappa shape index (κ1) is 16.8. The van der Waals surface area contributed by atoms with Crippen molar-refractivity contribution < 1.29 is 18.0 Å². The minimum absolute atomic E-state index is 0.0814. The minimum Gasteiger partial charge on any atom is -0.321 e. The third kappa shape index (κ3) is 2.99. The van der Waals surface area contributed by atoms with Gasteiger partial charge in [0, 0.05) is 23.1 Å². The van der Waals surface area contributed by atoms with Gasteiger partial charge in [-0.2, -0.15) is 18.3 Å². The molecule has 0 aliphatic carbocycles. The number of alkyl halides is 3. The van der Waals surface area contributed by atoms with Gasteiger partial charge in [-0.25, -0.2) is 0 Å². The van der Waals surface area contributed by atoms with Crippen molar-refractivity contribution in [3.8, 4) is 0 Å². The van der Waals surface area contributed by atoms with Crippen molar-refractivity contribution in [2.75, 3.05) is 5.32 Å². The van der Waals surface area contributed by atoms with E-state index in [4.69, 9.17) is 11.6 Å². The number of nitrogens with zero attached hydrogens (tertiary/aromatic N) is 2. The monoisotopic (exact) mass is 373 g/mol. The van der Waals surface area contributed by atoms with Gasteiger partial charge in [0.2, 0.25) is 0 Å². The molecule has 0 saturated heterocycles. The molecule has 2 heterocycles. The first-order chi connectivity index (χ1) is 11.2. The van der Waals surface area contributed by atoms with Gasteiger partial charge in [-0.1, -0.05) is 17.7 Å². The number of rotatable bonds is 2. The van der Waals surface area contributed by atoms with E-state index in [0.717, 1.165) is 21.6 Å². The maximum absolute atomic E-state index is 13.0. The predicted molar refractivity (Wildman–Crippen MR) is 87.7 cm³/mol. The van der Waals surface area contributed by atoms with Crippen LogP contribution in [0.5, 0.6) is 0 Å². The Hall–Kier alpha value is -2.06. The van der Waals surface area contributed by atoms with Crippen LogP contribution in [0.4, 0.5) is 18.9 Å². The summed E-state index contributed by atoms with van der Waals surface area (Å²) < 4.78 is 40.1. The largest absolute Gasteiger partial charge is 0.435 e. The highest BCUT2D eigenvalue weighted by molar-refractivity contribution is 7.20. The van der Waals surface area contributed by atoms with E-state index in [1.165, 1.54) is 13.1 Å². The summed E-state index contributed by atoms with van der Waals surface area (Å²) in [6.07, 6.45) is -4.57. The lowest BCUT2D eigenvalue weighted by Crippen LogP contribution is -2.10. The van der Waals surface area contributed by atoms with Gasteiger partial charge in [-0.15, -0.1) is 11.3 Å². The molecule has 1 aromatic carbocycles. The second kappa shape index (κ2) is 5.78. The number of hydrogen-bond donors (Lipinski definition) is 1. The van der Waals surface area contributed by atoms with Gasteiger partial charge in [-0.3, -0.25) is 9.48 Å². The summed E-state index contributed by atoms with van der Waals surface area (Å²) in [6, 6.07) is 6.22. The first-order valence-electron chi connectivity index (χ1n) is 6.78. The number of anilines is 1. The topological polar surface area (TPSA) is 46.9 Å². The molecule has 0 fully saturated rings. The SMILES string of the molecule is Cc1ccc(NC(=O)c2cc3c(C(F)(F)F)nn(C)c3s2)cc1Cl. The van der Waals surface area contributed by atoms with E-state index in [0.29, 0.717) is 10.7 Å². The van der Waals surface area contributed by atoms with Crippen LogP contribution in [0.25, 0.3) is 10.2 Å². The Balaban J connectivity index is 1.94. The fraction of sp³-hybridized carbons (Fsp3) is 0.200. The third-order valence-electron chi connectivity index (χ3n) is 3.43. The Kier molecular flexibility index (Phi) is 4.05. The van der Waals surface area contributed by atoms with Crippen LogP contribution >= 0.6 is 22.9 Å². The molecular weight excluding hydrogens is 363 g/mol. The van der Waals surface area contributed by atoms with Crippen molar-refractivity contribution in [3.63, 3.8) is 0 Å². The molecule has 0 bridgehead atoms. The fourth-order valence-corrected chi connectivity index (χ4v) is 3.37. The lowest BCUT2D eigenvalue weighted by Gasteiger charge is -2.05. The van der Waals surface area contributed by atoms with Gasteiger partial charge in [0.05, 0.1) is 4.88 Å². The van der Waals surface area contributed by atoms with E-state index in [1.54, 1.807) is 18.2 Å². The summed E-state index contributed by atoms with van der Waals surface area (Å²) in [5.41, 5.74) is 0.341. The van der Waals surface area contributed by atoms with Crippen LogP contribution in [0.3, 0.4) is 0 Å². The number of amides is 1. The van der Waals surface area contributed by atoms with Crippen molar-refractivity contribution in [3.05, 3.63) is 45.4 Å². The summed E-state index contributed by atoms with van der Waals surface area (Å²) >= 11 is 6.95. The molecule has 9 heteroatoms. The van der Waals surface area contributed by atoms with Crippen molar-refractivity contribution in [2.45, 2.75) is 13.1 Å². The molecule has 3 aromatic rings. The molecule has 0 aliphatic rings. The van der Waals surface area contributed by atoms with Crippen LogP contribution in [0, 0.1) is 6.92 Å². The van der Waals surface area contributed by atoms with Crippen LogP contribution in [-0.2, 0) is 13.2 Å². The average Bonchev–Trinajstić information content (AvgIpc) is 3.03. The number of thiophene rings is 1. The lowest BCUT2D eigenvalue weighted by molar-refractivity contribution is -0.140. The number of hydrogen-bond acceptors (Lipinski definition) is 3. The van der Waals surface area contributed by atoms with Crippen molar-refractivity contribution in [2.24, 2.45) is 7.05 Å². The Bertz CT molecular complexity index is 945. The number of halogens is 4. The van der Waals surface area contributed by atoms with E-state index in [-0.39, 0.29) is 15.1 Å². The van der Waals surface area contributed by atoms with Gasteiger partial charge in [0.15, 0.2) is 5.69 Å². The molecule has 0 aliphatic heterocycles. The maximum atomic E-state index is 13.0. The number of carbonyl (C=O) groups is 1. The van der Waals surface area contributed by atoms with Crippen LogP contribution in [0.2, 0.25) is 5.02 Å². The van der Waals surface area contributed by atoms with Crippen LogP contribution < -0.4 is 5.32 Å². The summed E-state index contributed by atoms with van der Waals surface area (Å²) in [6.45, 7) is 1.82. The number of benzene rings is 1. The zero-order valence-corrected chi connectivity index (χ0v) is 14.1. The zero-order valence-electron chi connectivity index (χ0n) is 12.5. The van der Waals surface area contributed by atoms with Crippen LogP contribution in [-0.4, -0.2) is 15.7 Å². The second-order valence-corrected chi connectivity index (χ2v) is 6.66. The molecule has 4 nitrogen and oxygen atoms in total. The van der Waals surface area contributed by atoms with Crippen LogP contribution in [0.15, 0.2) is 24.3 Å². The normalized spacial score (nSPS) is 11.9. The highest BCUT2D eigenvalue weighted by Gasteiger charge is 2.37. The van der Waals surface area contributed by atoms with Crippen molar-refractivity contribution in [1.29, 1.82) is 0 Å². The molecule has 3 rings (SSSR count). The number of carbonyl (C=O) groups excluding carboxylic acids is 1. The van der Waals surface area contributed by atoms with Crippen LogP contribution in [0.1, 0.15) is 20.9 Å². The third-order valence-corrected chi connectivity index (χ3v) is 5.04. The molecule has 126 valence electrons. The molecule has 2 aromatic heterocycles. The number of aromatic nitrogens is 2. The molecule has 0 unspecified atom stereocenters. The molecule has 0 atom stereocenters. The summed E-state index contributed by atoms with van der Waals surface area (Å²) in [4.78, 5) is 12.7. The van der Waals surface area contributed by atoms with Gasteiger partial charge in [0.25, 0.3) is 5.91 Å². The minimum atomic E-state index is -4.57. The maximum Gasteiger partial charge on any atom is 0.435 e. The van der Waals surface area contributed by atoms with E-state index in [1.807, 2.05) is 6.92 Å². The van der Waals surface area contributed by atoms with E-state index in [2.05, 4.69) is 10.4 Å². The van der Waals surface area contributed by atoms with Gasteiger partial charge in [-0.05, 0) is 30.7 Å². The van der Waals surface area contributed by atoms with Gasteiger partial charge in [0.1, 0.15) is 4.83 Å². The summed E-state index contributed by atoms with van der Waals surface area (Å²) in [5, 5.41) is 6.52. The van der Waals surface area contributed by atoms with Gasteiger partial charge >= 0.3 is 6.18 Å². The lowest BCUT2D eigenvalue weighted by atomic mass is 10.2. The first-order valence-corrected chi connectivity index (χ1v) is 7.97. The van der Waals surface area contributed by atoms with E-state index >= 15 is 0 Å². The number of nitrogens with one attached hydrogen (secondary N) is 1. The highest BCUT2D eigenvalue weighted by Crippen LogP contribution is 2.37. The molecule has 1 amide bonds. The molecule has 0 radical (unpaired) electrons. The smallest absolute Gasteiger partial charge is 0.321 e. The number of aryl methyl sites for hydroxylation is 2. The average molecular weight is 374 g/mol. The molecule has 24 heavy (non-hydrogen) atoms. The molecule has 0 saturated carbocycles. The summed E-state index contributed by atoms with van der Waals surface area (Å²) in [5.74, 6) is -0.496. The van der Waals surface area contributed by atoms with E-state index in [9.17, 15) is 18.0 Å². The Morgan fingerprint density at radius 1 is 1.33 bits per heavy atom. The Morgan fingerprint density at radius 3 is 2.67 bits per heavy atom. The van der Waals surface area contributed by atoms with E-state index < -0.39 is 17.8 Å². The molecule has 1 N–H and O–H groups in total. The molecular formula is C15H11ClF3N3OS. The predicted octanol–water partition coefficient (Wildman–Crippen LogP) is 4.87. The second-order valence-electron chi connectivity index (χ2n) is 5.22. The standard InChI is InChI=1S/C15H11ClF3N3OS/c1-7-3-4-8(5-10(7)16)20-13(23)11-6-9-12(15(17,18)19)21-22(2)14(9)24-11/h3-6H,1-2H3,(H,20,23). The Morgan fingerprint density at radius 2 is 2.04 bits per heavy atom. The van der Waals surface area contributed by atoms with Gasteiger partial charge < -0.3 is 5.32 Å². The zero-order chi connectivity index (χ0) is 17.6. The highest BCUT2D eigenvalue weighted by atomic mass is 35.5. The number of fused-ring (bicyclic) bond motifs is 1. The Labute approximate surface area is 143 Å². The quantitative estimate of drug-likeness (QED) is 0.696. The molecule has 0 spiro atoms. The van der Waals surface area contributed by atoms with Crippen molar-refractivity contribution >= 4 is 44.7 Å². The fourth-order valence-electron chi connectivity index (χ4n) is 2.23. The van der Waals surface area contributed by atoms with Crippen molar-refractivity contribution in [1.82, 2.24) is 9.78 Å². The summed E-state index contributed by atoms with van der Waals surface area (Å²) in [7, 11) is 1.41.